The minimum absolute atomic E-state index is 0.316. The van der Waals surface area contributed by atoms with Crippen molar-refractivity contribution in [2.45, 2.75) is 66.2 Å². The number of allylic oxidation sites excluding steroid dienone is 3. The van der Waals surface area contributed by atoms with Crippen molar-refractivity contribution in [3.63, 3.8) is 0 Å². The molecule has 4 rings (SSSR count). The number of likely N-dealkylation sites (tertiary alicyclic amines) is 1. The van der Waals surface area contributed by atoms with E-state index in [0.717, 1.165) is 25.2 Å². The molecule has 1 saturated heterocycles. The van der Waals surface area contributed by atoms with Crippen LogP contribution in [-0.4, -0.2) is 29.7 Å². The first-order valence-electron chi connectivity index (χ1n) is 11.5. The molecule has 1 aliphatic carbocycles. The van der Waals surface area contributed by atoms with Gasteiger partial charge in [-0.15, -0.1) is 0 Å². The molecule has 1 N–H and O–H groups in total. The Morgan fingerprint density at radius 2 is 1.69 bits per heavy atom. The minimum atomic E-state index is 0.316. The SMILES string of the molecule is C=C1C(C)=C2CCCC2=C(N2CCC(CCO)CC2)N1c1ccccc1C.CC. The number of aliphatic hydroxyl groups is 1. The molecular formula is C26H38N2O. The van der Waals surface area contributed by atoms with E-state index in [-0.39, 0.29) is 0 Å². The molecule has 3 nitrogen and oxygen atoms in total. The Bertz CT molecular complexity index is 797. The first-order chi connectivity index (χ1) is 14.1. The highest BCUT2D eigenvalue weighted by molar-refractivity contribution is 5.71. The van der Waals surface area contributed by atoms with Gasteiger partial charge in [0.05, 0.1) is 5.69 Å². The fourth-order valence-corrected chi connectivity index (χ4v) is 5.03. The molecule has 0 unspecified atom stereocenters. The molecule has 3 heteroatoms. The van der Waals surface area contributed by atoms with E-state index >= 15 is 0 Å². The number of anilines is 1. The maximum Gasteiger partial charge on any atom is 0.117 e. The summed E-state index contributed by atoms with van der Waals surface area (Å²) >= 11 is 0. The van der Waals surface area contributed by atoms with Crippen LogP contribution in [0.25, 0.3) is 0 Å². The van der Waals surface area contributed by atoms with E-state index < -0.39 is 0 Å². The van der Waals surface area contributed by atoms with Crippen LogP contribution in [0.15, 0.2) is 59.1 Å². The standard InChI is InChI=1S/C24H32N2O.C2H6/c1-17-7-4-5-10-23(17)26-19(3)18(2)21-8-6-9-22(21)24(26)25-14-11-20(12-15-25)13-16-27;1-2/h4-5,7,10,20,27H,3,6,8-9,11-16H2,1-2H3;1-2H3. The Balaban J connectivity index is 0.00000117. The lowest BCUT2D eigenvalue weighted by molar-refractivity contribution is 0.182. The second kappa shape index (κ2) is 9.67. The highest BCUT2D eigenvalue weighted by Gasteiger charge is 2.35. The predicted octanol–water partition coefficient (Wildman–Crippen LogP) is 6.16. The molecule has 1 aromatic carbocycles. The number of rotatable bonds is 4. The highest BCUT2D eigenvalue weighted by Crippen LogP contribution is 2.46. The van der Waals surface area contributed by atoms with Gasteiger partial charge in [0.1, 0.15) is 5.82 Å². The van der Waals surface area contributed by atoms with Gasteiger partial charge in [-0.05, 0) is 86.6 Å². The molecule has 0 aromatic heterocycles. The van der Waals surface area contributed by atoms with Crippen LogP contribution >= 0.6 is 0 Å². The number of benzene rings is 1. The van der Waals surface area contributed by atoms with E-state index in [0.29, 0.717) is 12.5 Å². The van der Waals surface area contributed by atoms with Crippen molar-refractivity contribution in [3.05, 3.63) is 64.6 Å². The van der Waals surface area contributed by atoms with Crippen LogP contribution in [0.5, 0.6) is 0 Å². The Hall–Kier alpha value is -2.00. The molecule has 0 bridgehead atoms. The third-order valence-electron chi connectivity index (χ3n) is 6.66. The maximum atomic E-state index is 9.29. The Kier molecular flexibility index (Phi) is 7.23. The van der Waals surface area contributed by atoms with E-state index in [4.69, 9.17) is 0 Å². The Morgan fingerprint density at radius 3 is 2.34 bits per heavy atom. The molecule has 1 aromatic rings. The van der Waals surface area contributed by atoms with Crippen molar-refractivity contribution in [2.75, 3.05) is 24.6 Å². The second-order valence-corrected chi connectivity index (χ2v) is 8.27. The quantitative estimate of drug-likeness (QED) is 0.662. The van der Waals surface area contributed by atoms with Crippen molar-refractivity contribution in [2.24, 2.45) is 5.92 Å². The van der Waals surface area contributed by atoms with Gasteiger partial charge in [-0.3, -0.25) is 4.90 Å². The van der Waals surface area contributed by atoms with E-state index in [9.17, 15) is 5.11 Å². The smallest absolute Gasteiger partial charge is 0.117 e. The molecule has 0 atom stereocenters. The van der Waals surface area contributed by atoms with Gasteiger partial charge in [-0.2, -0.15) is 0 Å². The average Bonchev–Trinajstić information content (AvgIpc) is 3.23. The van der Waals surface area contributed by atoms with Crippen LogP contribution in [0.4, 0.5) is 5.69 Å². The van der Waals surface area contributed by atoms with Crippen LogP contribution in [-0.2, 0) is 0 Å². The van der Waals surface area contributed by atoms with Gasteiger partial charge in [0.25, 0.3) is 0 Å². The van der Waals surface area contributed by atoms with Gasteiger partial charge < -0.3 is 10.0 Å². The summed E-state index contributed by atoms with van der Waals surface area (Å²) in [6.07, 6.45) is 6.90. The molecule has 0 amide bonds. The molecular weight excluding hydrogens is 356 g/mol. The number of aliphatic hydroxyl groups excluding tert-OH is 1. The molecule has 29 heavy (non-hydrogen) atoms. The molecule has 3 aliphatic rings. The normalized spacial score (nSPS) is 20.1. The lowest BCUT2D eigenvalue weighted by Gasteiger charge is -2.44. The maximum absolute atomic E-state index is 9.29. The number of hydrogen-bond acceptors (Lipinski definition) is 3. The Labute approximate surface area is 177 Å². The number of fused-ring (bicyclic) bond motifs is 1. The van der Waals surface area contributed by atoms with Crippen molar-refractivity contribution in [1.82, 2.24) is 4.90 Å². The summed E-state index contributed by atoms with van der Waals surface area (Å²) in [6.45, 7) is 15.4. The first kappa shape index (κ1) is 21.7. The van der Waals surface area contributed by atoms with Gasteiger partial charge >= 0.3 is 0 Å². The average molecular weight is 395 g/mol. The summed E-state index contributed by atoms with van der Waals surface area (Å²) in [5.41, 5.74) is 8.14. The highest BCUT2D eigenvalue weighted by atomic mass is 16.3. The largest absolute Gasteiger partial charge is 0.396 e. The lowest BCUT2D eigenvalue weighted by Crippen LogP contribution is -2.42. The van der Waals surface area contributed by atoms with Crippen LogP contribution in [0.2, 0.25) is 0 Å². The third kappa shape index (κ3) is 4.16. The predicted molar refractivity (Wildman–Crippen MR) is 124 cm³/mol. The van der Waals surface area contributed by atoms with Crippen molar-refractivity contribution in [1.29, 1.82) is 0 Å². The third-order valence-corrected chi connectivity index (χ3v) is 6.66. The van der Waals surface area contributed by atoms with E-state index in [1.165, 1.54) is 60.3 Å². The summed E-state index contributed by atoms with van der Waals surface area (Å²) in [5, 5.41) is 9.29. The van der Waals surface area contributed by atoms with Gasteiger partial charge in [-0.1, -0.05) is 38.6 Å². The monoisotopic (exact) mass is 394 g/mol. The molecule has 1 saturated carbocycles. The summed E-state index contributed by atoms with van der Waals surface area (Å²) < 4.78 is 0. The molecule has 0 radical (unpaired) electrons. The number of hydrogen-bond donors (Lipinski definition) is 1. The summed E-state index contributed by atoms with van der Waals surface area (Å²) in [4.78, 5) is 5.03. The summed E-state index contributed by atoms with van der Waals surface area (Å²) in [7, 11) is 0. The lowest BCUT2D eigenvalue weighted by atomic mass is 9.91. The van der Waals surface area contributed by atoms with E-state index in [1.807, 2.05) is 13.8 Å². The minimum Gasteiger partial charge on any atom is -0.396 e. The second-order valence-electron chi connectivity index (χ2n) is 8.27. The zero-order chi connectivity index (χ0) is 21.0. The Morgan fingerprint density at radius 1 is 1.03 bits per heavy atom. The van der Waals surface area contributed by atoms with Crippen molar-refractivity contribution in [3.8, 4) is 0 Å². The molecule has 158 valence electrons. The zero-order valence-electron chi connectivity index (χ0n) is 18.8. The first-order valence-corrected chi connectivity index (χ1v) is 11.5. The fourth-order valence-electron chi connectivity index (χ4n) is 5.03. The molecule has 0 spiro atoms. The number of nitrogens with zero attached hydrogens (tertiary/aromatic N) is 2. The molecule has 2 fully saturated rings. The van der Waals surface area contributed by atoms with Crippen LogP contribution < -0.4 is 4.90 Å². The summed E-state index contributed by atoms with van der Waals surface area (Å²) in [6, 6.07) is 8.67. The van der Waals surface area contributed by atoms with Gasteiger partial charge in [-0.25, -0.2) is 0 Å². The fraction of sp³-hybridized carbons (Fsp3) is 0.538. The van der Waals surface area contributed by atoms with E-state index in [2.05, 4.69) is 54.5 Å². The van der Waals surface area contributed by atoms with E-state index in [1.54, 1.807) is 5.57 Å². The van der Waals surface area contributed by atoms with Crippen LogP contribution in [0, 0.1) is 12.8 Å². The summed E-state index contributed by atoms with van der Waals surface area (Å²) in [5.74, 6) is 2.05. The molecule has 2 heterocycles. The van der Waals surface area contributed by atoms with Crippen LogP contribution in [0.1, 0.15) is 64.9 Å². The molecule has 2 aliphatic heterocycles. The van der Waals surface area contributed by atoms with Gasteiger partial charge in [0.15, 0.2) is 0 Å². The van der Waals surface area contributed by atoms with Crippen LogP contribution in [0.3, 0.4) is 0 Å². The number of piperidine rings is 1. The van der Waals surface area contributed by atoms with Gasteiger partial charge in [0.2, 0.25) is 0 Å². The van der Waals surface area contributed by atoms with Crippen molar-refractivity contribution < 1.29 is 5.11 Å². The zero-order valence-corrected chi connectivity index (χ0v) is 18.8. The van der Waals surface area contributed by atoms with Gasteiger partial charge in [0, 0.05) is 25.4 Å². The van der Waals surface area contributed by atoms with Crippen molar-refractivity contribution >= 4 is 5.69 Å². The number of aryl methyl sites for hydroxylation is 1. The number of para-hydroxylation sites is 1. The topological polar surface area (TPSA) is 26.7 Å².